The van der Waals surface area contributed by atoms with Gasteiger partial charge in [0, 0.05) is 10.9 Å². The Labute approximate surface area is 155 Å². The number of rotatable bonds is 6. The highest BCUT2D eigenvalue weighted by Crippen LogP contribution is 2.26. The molecule has 2 aromatic rings. The van der Waals surface area contributed by atoms with Crippen LogP contribution < -0.4 is 10.6 Å². The van der Waals surface area contributed by atoms with E-state index in [1.54, 1.807) is 30.3 Å². The third kappa shape index (κ3) is 5.47. The Morgan fingerprint density at radius 2 is 1.88 bits per heavy atom. The summed E-state index contributed by atoms with van der Waals surface area (Å²) < 4.78 is 13.9. The number of halogens is 2. The number of carbonyl (C=O) groups is 2. The standard InChI is InChI=1S/C18H18ClFN2O2S/c1-11(2)21-16(23)10-25-15-9-4-3-6-12(15)18(24)22-14-8-5-7-13(19)17(14)20/h3-9,11H,10H2,1-2H3,(H,21,23)(H,22,24). The maximum atomic E-state index is 13.9. The molecular formula is C18H18ClFN2O2S. The lowest BCUT2D eigenvalue weighted by molar-refractivity contribution is -0.119. The molecule has 0 fully saturated rings. The first-order chi connectivity index (χ1) is 11.9. The Balaban J connectivity index is 2.12. The lowest BCUT2D eigenvalue weighted by Crippen LogP contribution is -2.31. The molecule has 7 heteroatoms. The highest BCUT2D eigenvalue weighted by atomic mass is 35.5. The van der Waals surface area contributed by atoms with Crippen LogP contribution in [-0.2, 0) is 4.79 Å². The van der Waals surface area contributed by atoms with E-state index in [-0.39, 0.29) is 28.4 Å². The third-order valence-electron chi connectivity index (χ3n) is 3.14. The number of hydrogen-bond donors (Lipinski definition) is 2. The highest BCUT2D eigenvalue weighted by Gasteiger charge is 2.15. The van der Waals surface area contributed by atoms with E-state index < -0.39 is 11.7 Å². The lowest BCUT2D eigenvalue weighted by Gasteiger charge is -2.12. The smallest absolute Gasteiger partial charge is 0.256 e. The zero-order chi connectivity index (χ0) is 18.4. The number of amides is 2. The van der Waals surface area contributed by atoms with Crippen molar-refractivity contribution in [2.24, 2.45) is 0 Å². The van der Waals surface area contributed by atoms with Gasteiger partial charge in [0.1, 0.15) is 0 Å². The SMILES string of the molecule is CC(C)NC(=O)CSc1ccccc1C(=O)Nc1cccc(Cl)c1F. The molecule has 0 radical (unpaired) electrons. The summed E-state index contributed by atoms with van der Waals surface area (Å²) in [6.45, 7) is 3.76. The fraction of sp³-hybridized carbons (Fsp3) is 0.222. The average molecular weight is 381 g/mol. The molecule has 2 aromatic carbocycles. The molecular weight excluding hydrogens is 363 g/mol. The number of nitrogens with one attached hydrogen (secondary N) is 2. The largest absolute Gasteiger partial charge is 0.353 e. The number of anilines is 1. The molecule has 0 unspecified atom stereocenters. The van der Waals surface area contributed by atoms with Crippen molar-refractivity contribution in [2.45, 2.75) is 24.8 Å². The van der Waals surface area contributed by atoms with Crippen LogP contribution in [0.4, 0.5) is 10.1 Å². The Kier molecular flexibility index (Phi) is 6.84. The summed E-state index contributed by atoms with van der Waals surface area (Å²) in [5, 5.41) is 5.24. The second-order valence-electron chi connectivity index (χ2n) is 5.56. The molecule has 25 heavy (non-hydrogen) atoms. The van der Waals surface area contributed by atoms with Gasteiger partial charge in [-0.2, -0.15) is 0 Å². The molecule has 0 aromatic heterocycles. The molecule has 0 aliphatic rings. The topological polar surface area (TPSA) is 58.2 Å². The highest BCUT2D eigenvalue weighted by molar-refractivity contribution is 8.00. The quantitative estimate of drug-likeness (QED) is 0.732. The van der Waals surface area contributed by atoms with Gasteiger partial charge in [-0.05, 0) is 38.1 Å². The molecule has 2 amide bonds. The van der Waals surface area contributed by atoms with Crippen LogP contribution in [0.15, 0.2) is 47.4 Å². The third-order valence-corrected chi connectivity index (χ3v) is 4.51. The van der Waals surface area contributed by atoms with E-state index in [4.69, 9.17) is 11.6 Å². The summed E-state index contributed by atoms with van der Waals surface area (Å²) in [5.74, 6) is -1.07. The van der Waals surface area contributed by atoms with E-state index in [1.807, 2.05) is 13.8 Å². The van der Waals surface area contributed by atoms with Gasteiger partial charge in [-0.1, -0.05) is 29.8 Å². The van der Waals surface area contributed by atoms with Crippen LogP contribution in [0.25, 0.3) is 0 Å². The molecule has 4 nitrogen and oxygen atoms in total. The summed E-state index contributed by atoms with van der Waals surface area (Å²) in [6, 6.07) is 11.3. The fourth-order valence-corrected chi connectivity index (χ4v) is 3.11. The van der Waals surface area contributed by atoms with E-state index >= 15 is 0 Å². The normalized spacial score (nSPS) is 10.6. The van der Waals surface area contributed by atoms with Crippen molar-refractivity contribution in [3.05, 3.63) is 58.9 Å². The minimum absolute atomic E-state index is 0.00912. The first-order valence-corrected chi connectivity index (χ1v) is 9.01. The average Bonchev–Trinajstić information content (AvgIpc) is 2.56. The number of thioether (sulfide) groups is 1. The fourth-order valence-electron chi connectivity index (χ4n) is 2.08. The van der Waals surface area contributed by atoms with Gasteiger partial charge in [0.15, 0.2) is 5.82 Å². The van der Waals surface area contributed by atoms with E-state index in [2.05, 4.69) is 10.6 Å². The van der Waals surface area contributed by atoms with Crippen molar-refractivity contribution in [2.75, 3.05) is 11.1 Å². The van der Waals surface area contributed by atoms with Gasteiger partial charge in [0.25, 0.3) is 5.91 Å². The van der Waals surface area contributed by atoms with Crippen LogP contribution in [-0.4, -0.2) is 23.6 Å². The summed E-state index contributed by atoms with van der Waals surface area (Å²) >= 11 is 6.98. The van der Waals surface area contributed by atoms with Crippen molar-refractivity contribution < 1.29 is 14.0 Å². The molecule has 0 spiro atoms. The van der Waals surface area contributed by atoms with Crippen molar-refractivity contribution in [1.82, 2.24) is 5.32 Å². The second kappa shape index (κ2) is 8.87. The molecule has 0 atom stereocenters. The van der Waals surface area contributed by atoms with Gasteiger partial charge in [-0.25, -0.2) is 4.39 Å². The number of benzene rings is 2. The molecule has 0 aliphatic heterocycles. The van der Waals surface area contributed by atoms with Crippen LogP contribution in [0.3, 0.4) is 0 Å². The van der Waals surface area contributed by atoms with Crippen LogP contribution >= 0.6 is 23.4 Å². The van der Waals surface area contributed by atoms with Crippen LogP contribution in [0.1, 0.15) is 24.2 Å². The van der Waals surface area contributed by atoms with E-state index in [1.165, 1.54) is 23.9 Å². The van der Waals surface area contributed by atoms with Crippen molar-refractivity contribution in [1.29, 1.82) is 0 Å². The van der Waals surface area contributed by atoms with Gasteiger partial charge < -0.3 is 10.6 Å². The summed E-state index contributed by atoms with van der Waals surface area (Å²) in [6.07, 6.45) is 0. The Morgan fingerprint density at radius 3 is 2.60 bits per heavy atom. The first-order valence-electron chi connectivity index (χ1n) is 7.65. The molecule has 2 rings (SSSR count). The van der Waals surface area contributed by atoms with Crippen LogP contribution in [0.5, 0.6) is 0 Å². The maximum absolute atomic E-state index is 13.9. The number of carbonyl (C=O) groups excluding carboxylic acids is 2. The molecule has 0 aliphatic carbocycles. The minimum Gasteiger partial charge on any atom is -0.353 e. The van der Waals surface area contributed by atoms with E-state index in [0.29, 0.717) is 10.5 Å². The Morgan fingerprint density at radius 1 is 1.16 bits per heavy atom. The first kappa shape index (κ1) is 19.3. The van der Waals surface area contributed by atoms with Crippen molar-refractivity contribution in [3.8, 4) is 0 Å². The van der Waals surface area contributed by atoms with Gasteiger partial charge in [0.05, 0.1) is 22.0 Å². The van der Waals surface area contributed by atoms with Crippen LogP contribution in [0, 0.1) is 5.82 Å². The van der Waals surface area contributed by atoms with Crippen LogP contribution in [0.2, 0.25) is 5.02 Å². The lowest BCUT2D eigenvalue weighted by atomic mass is 10.2. The zero-order valence-corrected chi connectivity index (χ0v) is 15.4. The molecule has 0 saturated carbocycles. The maximum Gasteiger partial charge on any atom is 0.256 e. The predicted molar refractivity (Wildman–Crippen MR) is 99.8 cm³/mol. The van der Waals surface area contributed by atoms with Gasteiger partial charge in [-0.15, -0.1) is 11.8 Å². The molecule has 2 N–H and O–H groups in total. The molecule has 0 saturated heterocycles. The summed E-state index contributed by atoms with van der Waals surface area (Å²) in [7, 11) is 0. The van der Waals surface area contributed by atoms with Crippen molar-refractivity contribution in [3.63, 3.8) is 0 Å². The number of hydrogen-bond acceptors (Lipinski definition) is 3. The van der Waals surface area contributed by atoms with Crippen molar-refractivity contribution >= 4 is 40.9 Å². The predicted octanol–water partition coefficient (Wildman–Crippen LogP) is 4.35. The Bertz CT molecular complexity index is 783. The summed E-state index contributed by atoms with van der Waals surface area (Å²) in [4.78, 5) is 24.9. The molecule has 0 heterocycles. The summed E-state index contributed by atoms with van der Waals surface area (Å²) in [5.41, 5.74) is 0.374. The van der Waals surface area contributed by atoms with E-state index in [9.17, 15) is 14.0 Å². The van der Waals surface area contributed by atoms with Gasteiger partial charge in [-0.3, -0.25) is 9.59 Å². The van der Waals surface area contributed by atoms with Gasteiger partial charge >= 0.3 is 0 Å². The van der Waals surface area contributed by atoms with E-state index in [0.717, 1.165) is 0 Å². The second-order valence-corrected chi connectivity index (χ2v) is 6.99. The minimum atomic E-state index is -0.682. The molecule has 0 bridgehead atoms. The molecule has 132 valence electrons. The van der Waals surface area contributed by atoms with Gasteiger partial charge in [0.2, 0.25) is 5.91 Å². The Hall–Kier alpha value is -2.05. The zero-order valence-electron chi connectivity index (χ0n) is 13.8. The monoisotopic (exact) mass is 380 g/mol.